The molecule has 0 bridgehead atoms. The summed E-state index contributed by atoms with van der Waals surface area (Å²) in [7, 11) is 0. The van der Waals surface area contributed by atoms with Gasteiger partial charge in [-0.1, -0.05) is 28.9 Å². The van der Waals surface area contributed by atoms with Crippen LogP contribution in [0.4, 0.5) is 4.39 Å². The van der Waals surface area contributed by atoms with Gasteiger partial charge in [-0.05, 0) is 23.6 Å². The van der Waals surface area contributed by atoms with Gasteiger partial charge in [-0.3, -0.25) is 0 Å². The molecule has 1 aromatic heterocycles. The molecule has 1 heterocycles. The van der Waals surface area contributed by atoms with Crippen molar-refractivity contribution in [2.75, 3.05) is 0 Å². The molecule has 0 saturated carbocycles. The van der Waals surface area contributed by atoms with Gasteiger partial charge in [0.25, 0.3) is 0 Å². The summed E-state index contributed by atoms with van der Waals surface area (Å²) in [5.74, 6) is -0.385. The second-order valence-electron chi connectivity index (χ2n) is 3.22. The van der Waals surface area contributed by atoms with Crippen LogP contribution < -0.4 is 0 Å². The molecule has 2 rings (SSSR count). The standard InChI is InChI=1S/C12H9ClFNOS/c13-11-4-1-5-12(14)10(11)8-16-15-7-9-3-2-6-17-9/h1-7H,8H2/b15-7+. The van der Waals surface area contributed by atoms with Crippen LogP contribution in [0.2, 0.25) is 5.02 Å². The molecule has 0 aliphatic heterocycles. The quantitative estimate of drug-likeness (QED) is 0.605. The maximum Gasteiger partial charge on any atom is 0.146 e. The number of thiophene rings is 1. The van der Waals surface area contributed by atoms with Crippen LogP contribution in [0.3, 0.4) is 0 Å². The largest absolute Gasteiger partial charge is 0.391 e. The van der Waals surface area contributed by atoms with Crippen LogP contribution in [0.25, 0.3) is 0 Å². The van der Waals surface area contributed by atoms with Crippen molar-refractivity contribution in [1.82, 2.24) is 0 Å². The van der Waals surface area contributed by atoms with Crippen molar-refractivity contribution in [3.8, 4) is 0 Å². The first-order chi connectivity index (χ1) is 8.27. The zero-order valence-electron chi connectivity index (χ0n) is 8.77. The Morgan fingerprint density at radius 2 is 2.24 bits per heavy atom. The summed E-state index contributed by atoms with van der Waals surface area (Å²) in [4.78, 5) is 5.98. The van der Waals surface area contributed by atoms with E-state index in [0.717, 1.165) is 4.88 Å². The van der Waals surface area contributed by atoms with Gasteiger partial charge in [0.1, 0.15) is 12.4 Å². The van der Waals surface area contributed by atoms with Gasteiger partial charge >= 0.3 is 0 Å². The normalized spacial score (nSPS) is 10.9. The van der Waals surface area contributed by atoms with Crippen molar-refractivity contribution in [3.63, 3.8) is 0 Å². The van der Waals surface area contributed by atoms with Crippen LogP contribution in [0.5, 0.6) is 0 Å². The summed E-state index contributed by atoms with van der Waals surface area (Å²) < 4.78 is 13.3. The molecule has 0 fully saturated rings. The lowest BCUT2D eigenvalue weighted by molar-refractivity contribution is 0.129. The maximum atomic E-state index is 13.3. The smallest absolute Gasteiger partial charge is 0.146 e. The highest BCUT2D eigenvalue weighted by atomic mass is 35.5. The molecule has 0 spiro atoms. The Bertz CT molecular complexity index is 493. The third-order valence-corrected chi connectivity index (χ3v) is 3.23. The van der Waals surface area contributed by atoms with Gasteiger partial charge in [0.15, 0.2) is 0 Å². The minimum Gasteiger partial charge on any atom is -0.391 e. The number of hydrogen-bond donors (Lipinski definition) is 0. The van der Waals surface area contributed by atoms with Gasteiger partial charge in [0.05, 0.1) is 11.2 Å². The average Bonchev–Trinajstić information content (AvgIpc) is 2.80. The predicted molar refractivity (Wildman–Crippen MR) is 68.1 cm³/mol. The van der Waals surface area contributed by atoms with Gasteiger partial charge in [-0.25, -0.2) is 4.39 Å². The summed E-state index contributed by atoms with van der Waals surface area (Å²) in [5, 5.41) is 6.03. The van der Waals surface area contributed by atoms with Gasteiger partial charge in [-0.15, -0.1) is 11.3 Å². The molecule has 17 heavy (non-hydrogen) atoms. The van der Waals surface area contributed by atoms with E-state index < -0.39 is 0 Å². The maximum absolute atomic E-state index is 13.3. The molecule has 1 aromatic carbocycles. The van der Waals surface area contributed by atoms with Crippen molar-refractivity contribution >= 4 is 29.2 Å². The first-order valence-electron chi connectivity index (χ1n) is 4.89. The number of hydrogen-bond acceptors (Lipinski definition) is 3. The molecule has 0 N–H and O–H groups in total. The number of benzene rings is 1. The molecule has 88 valence electrons. The van der Waals surface area contributed by atoms with Crippen molar-refractivity contribution in [2.45, 2.75) is 6.61 Å². The van der Waals surface area contributed by atoms with Crippen LogP contribution in [0, 0.1) is 5.82 Å². The van der Waals surface area contributed by atoms with Crippen molar-refractivity contribution in [3.05, 3.63) is 57.0 Å². The van der Waals surface area contributed by atoms with E-state index in [9.17, 15) is 4.39 Å². The first-order valence-corrected chi connectivity index (χ1v) is 6.15. The molecule has 2 aromatic rings. The summed E-state index contributed by atoms with van der Waals surface area (Å²) in [6.07, 6.45) is 1.58. The Morgan fingerprint density at radius 1 is 1.35 bits per heavy atom. The third kappa shape index (κ3) is 3.28. The third-order valence-electron chi connectivity index (χ3n) is 2.07. The van der Waals surface area contributed by atoms with Crippen LogP contribution in [-0.4, -0.2) is 6.21 Å². The second kappa shape index (κ2) is 5.80. The zero-order valence-corrected chi connectivity index (χ0v) is 10.3. The van der Waals surface area contributed by atoms with E-state index in [1.165, 1.54) is 6.07 Å². The van der Waals surface area contributed by atoms with Crippen LogP contribution in [0.1, 0.15) is 10.4 Å². The van der Waals surface area contributed by atoms with Gasteiger partial charge in [0.2, 0.25) is 0 Å². The molecule has 0 unspecified atom stereocenters. The Hall–Kier alpha value is -1.39. The summed E-state index contributed by atoms with van der Waals surface area (Å²) in [6.45, 7) is 0.0212. The second-order valence-corrected chi connectivity index (χ2v) is 4.61. The van der Waals surface area contributed by atoms with Crippen LogP contribution >= 0.6 is 22.9 Å². The fourth-order valence-corrected chi connectivity index (χ4v) is 2.02. The molecular formula is C12H9ClFNOS. The Kier molecular flexibility index (Phi) is 4.12. The van der Waals surface area contributed by atoms with Gasteiger partial charge in [-0.2, -0.15) is 0 Å². The lowest BCUT2D eigenvalue weighted by Gasteiger charge is -2.03. The Morgan fingerprint density at radius 3 is 2.94 bits per heavy atom. The van der Waals surface area contributed by atoms with E-state index >= 15 is 0 Å². The molecule has 0 saturated heterocycles. The number of oxime groups is 1. The van der Waals surface area contributed by atoms with Crippen molar-refractivity contribution < 1.29 is 9.23 Å². The monoisotopic (exact) mass is 269 g/mol. The predicted octanol–water partition coefficient (Wildman–Crippen LogP) is 4.09. The minimum atomic E-state index is -0.385. The van der Waals surface area contributed by atoms with Crippen molar-refractivity contribution in [1.29, 1.82) is 0 Å². The molecule has 0 radical (unpaired) electrons. The molecular weight excluding hydrogens is 261 g/mol. The lowest BCUT2D eigenvalue weighted by Crippen LogP contribution is -1.93. The summed E-state index contributed by atoms with van der Waals surface area (Å²) in [5.41, 5.74) is 0.317. The SMILES string of the molecule is Fc1cccc(Cl)c1CO/N=C/c1cccs1. The number of rotatable bonds is 4. The van der Waals surface area contributed by atoms with Gasteiger partial charge < -0.3 is 4.84 Å². The van der Waals surface area contributed by atoms with E-state index in [-0.39, 0.29) is 12.4 Å². The highest BCUT2D eigenvalue weighted by Crippen LogP contribution is 2.19. The van der Waals surface area contributed by atoms with Crippen LogP contribution in [0.15, 0.2) is 40.9 Å². The Balaban J connectivity index is 1.94. The number of nitrogens with zero attached hydrogens (tertiary/aromatic N) is 1. The van der Waals surface area contributed by atoms with E-state index in [1.807, 2.05) is 17.5 Å². The van der Waals surface area contributed by atoms with Crippen molar-refractivity contribution in [2.24, 2.45) is 5.16 Å². The van der Waals surface area contributed by atoms with Crippen LogP contribution in [-0.2, 0) is 11.4 Å². The molecule has 0 aliphatic carbocycles. The highest BCUT2D eigenvalue weighted by molar-refractivity contribution is 7.11. The summed E-state index contributed by atoms with van der Waals surface area (Å²) >= 11 is 7.38. The molecule has 0 aliphatic rings. The Labute approximate surface area is 107 Å². The van der Waals surface area contributed by atoms with E-state index in [2.05, 4.69) is 5.16 Å². The summed E-state index contributed by atoms with van der Waals surface area (Å²) in [6, 6.07) is 8.34. The fraction of sp³-hybridized carbons (Fsp3) is 0.0833. The molecule has 5 heteroatoms. The molecule has 2 nitrogen and oxygen atoms in total. The van der Waals surface area contributed by atoms with E-state index in [4.69, 9.17) is 16.4 Å². The molecule has 0 atom stereocenters. The van der Waals surface area contributed by atoms with E-state index in [1.54, 1.807) is 29.7 Å². The fourth-order valence-electron chi connectivity index (χ4n) is 1.23. The highest BCUT2D eigenvalue weighted by Gasteiger charge is 2.06. The average molecular weight is 270 g/mol. The lowest BCUT2D eigenvalue weighted by atomic mass is 10.2. The van der Waals surface area contributed by atoms with Gasteiger partial charge in [0, 0.05) is 10.4 Å². The van der Waals surface area contributed by atoms with E-state index in [0.29, 0.717) is 10.6 Å². The first kappa shape index (κ1) is 12.1. The number of halogens is 2. The zero-order chi connectivity index (χ0) is 12.1. The molecule has 0 amide bonds. The minimum absolute atomic E-state index is 0.0212. The topological polar surface area (TPSA) is 21.6 Å².